The van der Waals surface area contributed by atoms with Crippen molar-refractivity contribution >= 4 is 38.4 Å². The Morgan fingerprint density at radius 1 is 1.42 bits per heavy atom. The Morgan fingerprint density at radius 3 is 3.00 bits per heavy atom. The van der Waals surface area contributed by atoms with Gasteiger partial charge in [0.05, 0.1) is 17.2 Å². The highest BCUT2D eigenvalue weighted by molar-refractivity contribution is 9.09. The van der Waals surface area contributed by atoms with Gasteiger partial charge in [0.2, 0.25) is 5.91 Å². The van der Waals surface area contributed by atoms with Gasteiger partial charge in [0.1, 0.15) is 0 Å². The van der Waals surface area contributed by atoms with E-state index in [1.807, 2.05) is 6.07 Å². The minimum atomic E-state index is -0.185. The number of carbonyl (C=O) groups is 1. The van der Waals surface area contributed by atoms with E-state index in [4.69, 9.17) is 0 Å². The standard InChI is InChI=1S/C13H12BrN3O2/c14-5-8-3-12(18)17(6-8)9-1-2-11-10(4-9)13(19)16-7-15-11/h1-2,4,7-8H,3,5-6H2,(H,15,16,19). The molecule has 1 fully saturated rings. The number of halogens is 1. The van der Waals surface area contributed by atoms with E-state index in [1.54, 1.807) is 17.0 Å². The van der Waals surface area contributed by atoms with E-state index in [0.29, 0.717) is 29.8 Å². The van der Waals surface area contributed by atoms with Crippen molar-refractivity contribution in [2.24, 2.45) is 5.92 Å². The third-order valence-electron chi connectivity index (χ3n) is 3.36. The number of anilines is 1. The van der Waals surface area contributed by atoms with Gasteiger partial charge in [0.25, 0.3) is 5.56 Å². The Labute approximate surface area is 117 Å². The molecule has 5 nitrogen and oxygen atoms in total. The summed E-state index contributed by atoms with van der Waals surface area (Å²) < 4.78 is 0. The lowest BCUT2D eigenvalue weighted by Gasteiger charge is -2.16. The third-order valence-corrected chi connectivity index (χ3v) is 4.27. The summed E-state index contributed by atoms with van der Waals surface area (Å²) in [6.45, 7) is 0.688. The fraction of sp³-hybridized carbons (Fsp3) is 0.308. The lowest BCUT2D eigenvalue weighted by atomic mass is 10.2. The number of carbonyl (C=O) groups excluding carboxylic acids is 1. The summed E-state index contributed by atoms with van der Waals surface area (Å²) in [7, 11) is 0. The molecule has 0 spiro atoms. The first kappa shape index (κ1) is 12.3. The van der Waals surface area contributed by atoms with Crippen molar-refractivity contribution < 1.29 is 4.79 Å². The second-order valence-electron chi connectivity index (χ2n) is 4.66. The average molecular weight is 322 g/mol. The number of nitrogens with zero attached hydrogens (tertiary/aromatic N) is 2. The first-order valence-electron chi connectivity index (χ1n) is 6.03. The normalized spacial score (nSPS) is 19.3. The minimum absolute atomic E-state index is 0.101. The van der Waals surface area contributed by atoms with Crippen LogP contribution in [0.15, 0.2) is 29.3 Å². The Balaban J connectivity index is 2.04. The molecule has 1 saturated heterocycles. The molecular formula is C13H12BrN3O2. The number of fused-ring (bicyclic) bond motifs is 1. The zero-order valence-electron chi connectivity index (χ0n) is 10.1. The van der Waals surface area contributed by atoms with Gasteiger partial charge in [-0.1, -0.05) is 15.9 Å². The van der Waals surface area contributed by atoms with E-state index in [9.17, 15) is 9.59 Å². The van der Waals surface area contributed by atoms with E-state index < -0.39 is 0 Å². The number of rotatable bonds is 2. The van der Waals surface area contributed by atoms with Gasteiger partial charge < -0.3 is 9.88 Å². The van der Waals surface area contributed by atoms with Crippen LogP contribution in [0, 0.1) is 5.92 Å². The third kappa shape index (κ3) is 2.16. The van der Waals surface area contributed by atoms with Crippen LogP contribution in [0.4, 0.5) is 5.69 Å². The molecule has 3 rings (SSSR count). The molecule has 98 valence electrons. The fourth-order valence-electron chi connectivity index (χ4n) is 2.36. The van der Waals surface area contributed by atoms with Crippen molar-refractivity contribution in [1.29, 1.82) is 0 Å². The van der Waals surface area contributed by atoms with Crippen LogP contribution in [-0.2, 0) is 4.79 Å². The molecule has 19 heavy (non-hydrogen) atoms. The first-order chi connectivity index (χ1) is 9.19. The largest absolute Gasteiger partial charge is 0.313 e. The number of H-pyrrole nitrogens is 1. The SMILES string of the molecule is O=C1CC(CBr)CN1c1ccc2nc[nH]c(=O)c2c1. The zero-order chi connectivity index (χ0) is 13.4. The number of aromatic amines is 1. The molecule has 1 aliphatic heterocycles. The summed E-state index contributed by atoms with van der Waals surface area (Å²) in [4.78, 5) is 32.1. The van der Waals surface area contributed by atoms with Crippen molar-refractivity contribution in [2.75, 3.05) is 16.8 Å². The maximum atomic E-state index is 12.0. The molecule has 0 radical (unpaired) electrons. The maximum absolute atomic E-state index is 12.0. The van der Waals surface area contributed by atoms with E-state index in [-0.39, 0.29) is 11.5 Å². The number of amides is 1. The summed E-state index contributed by atoms with van der Waals surface area (Å²) in [6.07, 6.45) is 1.93. The van der Waals surface area contributed by atoms with Crippen LogP contribution in [0.1, 0.15) is 6.42 Å². The molecule has 1 aliphatic rings. The molecular weight excluding hydrogens is 310 g/mol. The maximum Gasteiger partial charge on any atom is 0.258 e. The van der Waals surface area contributed by atoms with Gasteiger partial charge in [-0.2, -0.15) is 0 Å². The Kier molecular flexibility index (Phi) is 3.10. The molecule has 2 aromatic rings. The van der Waals surface area contributed by atoms with Crippen molar-refractivity contribution in [3.63, 3.8) is 0 Å². The predicted molar refractivity (Wildman–Crippen MR) is 76.6 cm³/mol. The quantitative estimate of drug-likeness (QED) is 0.856. The van der Waals surface area contributed by atoms with Gasteiger partial charge in [-0.3, -0.25) is 9.59 Å². The number of aromatic nitrogens is 2. The Morgan fingerprint density at radius 2 is 2.26 bits per heavy atom. The number of hydrogen-bond acceptors (Lipinski definition) is 3. The summed E-state index contributed by atoms with van der Waals surface area (Å²) in [5.41, 5.74) is 1.21. The van der Waals surface area contributed by atoms with Gasteiger partial charge in [-0.05, 0) is 24.1 Å². The van der Waals surface area contributed by atoms with Crippen molar-refractivity contribution in [3.05, 3.63) is 34.9 Å². The lowest BCUT2D eigenvalue weighted by Crippen LogP contribution is -2.24. The molecule has 2 heterocycles. The van der Waals surface area contributed by atoms with Crippen molar-refractivity contribution in [2.45, 2.75) is 6.42 Å². The molecule has 1 aromatic heterocycles. The smallest absolute Gasteiger partial charge is 0.258 e. The molecule has 0 saturated carbocycles. The van der Waals surface area contributed by atoms with Crippen LogP contribution in [0.3, 0.4) is 0 Å². The van der Waals surface area contributed by atoms with Gasteiger partial charge in [0, 0.05) is 24.0 Å². The monoisotopic (exact) mass is 321 g/mol. The van der Waals surface area contributed by atoms with Crippen molar-refractivity contribution in [3.8, 4) is 0 Å². The molecule has 6 heteroatoms. The molecule has 1 aromatic carbocycles. The van der Waals surface area contributed by atoms with Gasteiger partial charge in [-0.15, -0.1) is 0 Å². The predicted octanol–water partition coefficient (Wildman–Crippen LogP) is 1.67. The van der Waals surface area contributed by atoms with E-state index in [2.05, 4.69) is 25.9 Å². The Bertz CT molecular complexity index is 698. The van der Waals surface area contributed by atoms with Crippen LogP contribution in [0.2, 0.25) is 0 Å². The van der Waals surface area contributed by atoms with Crippen LogP contribution in [0.25, 0.3) is 10.9 Å². The molecule has 1 atom stereocenters. The van der Waals surface area contributed by atoms with Crippen LogP contribution < -0.4 is 10.5 Å². The summed E-state index contributed by atoms with van der Waals surface area (Å²) in [5, 5.41) is 1.32. The first-order valence-corrected chi connectivity index (χ1v) is 7.15. The molecule has 1 unspecified atom stereocenters. The summed E-state index contributed by atoms with van der Waals surface area (Å²) >= 11 is 3.41. The lowest BCUT2D eigenvalue weighted by molar-refractivity contribution is -0.117. The highest BCUT2D eigenvalue weighted by Gasteiger charge is 2.29. The second kappa shape index (κ2) is 4.77. The van der Waals surface area contributed by atoms with Crippen LogP contribution in [0.5, 0.6) is 0 Å². The molecule has 1 amide bonds. The van der Waals surface area contributed by atoms with Gasteiger partial charge in [-0.25, -0.2) is 4.98 Å². The molecule has 0 bridgehead atoms. The highest BCUT2D eigenvalue weighted by Crippen LogP contribution is 2.27. The van der Waals surface area contributed by atoms with Gasteiger partial charge >= 0.3 is 0 Å². The number of nitrogens with one attached hydrogen (secondary N) is 1. The topological polar surface area (TPSA) is 66.1 Å². The molecule has 1 N–H and O–H groups in total. The fourth-order valence-corrected chi connectivity index (χ4v) is 2.79. The second-order valence-corrected chi connectivity index (χ2v) is 5.31. The highest BCUT2D eigenvalue weighted by atomic mass is 79.9. The number of benzene rings is 1. The Hall–Kier alpha value is -1.69. The number of hydrogen-bond donors (Lipinski definition) is 1. The molecule has 0 aliphatic carbocycles. The summed E-state index contributed by atoms with van der Waals surface area (Å²) in [5.74, 6) is 0.430. The van der Waals surface area contributed by atoms with Crippen LogP contribution >= 0.6 is 15.9 Å². The van der Waals surface area contributed by atoms with Crippen molar-refractivity contribution in [1.82, 2.24) is 9.97 Å². The van der Waals surface area contributed by atoms with Crippen LogP contribution in [-0.4, -0.2) is 27.7 Å². The van der Waals surface area contributed by atoms with E-state index >= 15 is 0 Å². The zero-order valence-corrected chi connectivity index (χ0v) is 11.7. The van der Waals surface area contributed by atoms with Gasteiger partial charge in [0.15, 0.2) is 0 Å². The van der Waals surface area contributed by atoms with E-state index in [1.165, 1.54) is 6.33 Å². The van der Waals surface area contributed by atoms with E-state index in [0.717, 1.165) is 11.0 Å². The minimum Gasteiger partial charge on any atom is -0.313 e. The number of alkyl halides is 1. The average Bonchev–Trinajstić information content (AvgIpc) is 2.80. The summed E-state index contributed by atoms with van der Waals surface area (Å²) in [6, 6.07) is 5.34.